The Kier molecular flexibility index (Phi) is 9.41. The van der Waals surface area contributed by atoms with Crippen molar-refractivity contribution in [3.63, 3.8) is 0 Å². The number of carbonyl (C=O) groups is 2. The first-order valence-corrected chi connectivity index (χ1v) is 13.3. The third-order valence-corrected chi connectivity index (χ3v) is 8.72. The summed E-state index contributed by atoms with van der Waals surface area (Å²) in [6, 6.07) is 7.74. The fraction of sp³-hybridized carbons (Fsp3) is 0.435. The second kappa shape index (κ2) is 12.3. The molecule has 0 radical (unpaired) electrons. The van der Waals surface area contributed by atoms with Crippen molar-refractivity contribution >= 4 is 38.4 Å². The maximum absolute atomic E-state index is 13.1. The highest BCUT2D eigenvalue weighted by Gasteiger charge is 2.28. The molecule has 0 aliphatic carbocycles. The van der Waals surface area contributed by atoms with Gasteiger partial charge in [-0.25, -0.2) is 13.2 Å². The molecule has 0 atom stereocenters. The Balaban J connectivity index is 1.77. The topological polar surface area (TPSA) is 138 Å². The molecule has 0 saturated heterocycles. The Bertz CT molecular complexity index is 1230. The van der Waals surface area contributed by atoms with Crippen LogP contribution >= 0.6 is 11.3 Å². The summed E-state index contributed by atoms with van der Waals surface area (Å²) in [5.41, 5.74) is 1.42. The van der Waals surface area contributed by atoms with Crippen LogP contribution in [0.25, 0.3) is 0 Å². The van der Waals surface area contributed by atoms with Gasteiger partial charge in [0.2, 0.25) is 10.0 Å². The second-order valence-electron chi connectivity index (χ2n) is 7.83. The molecule has 2 amide bonds. The summed E-state index contributed by atoms with van der Waals surface area (Å²) in [7, 11) is 0.478. The second-order valence-corrected chi connectivity index (χ2v) is 10.9. The Hall–Kier alpha value is -3.02. The molecule has 0 saturated carbocycles. The number of nitrogens with zero attached hydrogens (tertiary/aromatic N) is 3. The van der Waals surface area contributed by atoms with Crippen LogP contribution in [-0.2, 0) is 37.2 Å². The van der Waals surface area contributed by atoms with Crippen molar-refractivity contribution in [2.24, 2.45) is 0 Å². The van der Waals surface area contributed by atoms with Gasteiger partial charge in [0.05, 0.1) is 37.3 Å². The summed E-state index contributed by atoms with van der Waals surface area (Å²) in [6.45, 7) is 1.50. The van der Waals surface area contributed by atoms with Gasteiger partial charge in [-0.3, -0.25) is 4.79 Å². The van der Waals surface area contributed by atoms with Gasteiger partial charge in [-0.2, -0.15) is 9.57 Å². The van der Waals surface area contributed by atoms with Crippen molar-refractivity contribution in [3.05, 3.63) is 45.8 Å². The van der Waals surface area contributed by atoms with Crippen LogP contribution in [0.5, 0.6) is 0 Å². The summed E-state index contributed by atoms with van der Waals surface area (Å²) in [4.78, 5) is 27.1. The van der Waals surface area contributed by atoms with Gasteiger partial charge in [0, 0.05) is 44.3 Å². The van der Waals surface area contributed by atoms with E-state index in [2.05, 4.69) is 11.4 Å². The van der Waals surface area contributed by atoms with Crippen molar-refractivity contribution in [2.75, 3.05) is 59.5 Å². The number of carbonyl (C=O) groups excluding carboxylic acids is 2. The third kappa shape index (κ3) is 6.03. The lowest BCUT2D eigenvalue weighted by Gasteiger charge is -2.25. The summed E-state index contributed by atoms with van der Waals surface area (Å²) in [6.07, 6.45) is 0.0331. The molecule has 0 bridgehead atoms. The number of thiophene rings is 1. The van der Waals surface area contributed by atoms with E-state index in [1.54, 1.807) is 0 Å². The summed E-state index contributed by atoms with van der Waals surface area (Å²) in [5, 5.41) is 12.8. The normalized spacial score (nSPS) is 13.2. The molecule has 2 aromatic rings. The van der Waals surface area contributed by atoms with E-state index >= 15 is 0 Å². The highest BCUT2D eigenvalue weighted by atomic mass is 32.2. The molecule has 1 aliphatic rings. The van der Waals surface area contributed by atoms with Gasteiger partial charge >= 0.3 is 6.09 Å². The molecule has 13 heteroatoms. The van der Waals surface area contributed by atoms with Gasteiger partial charge in [-0.05, 0) is 36.2 Å². The van der Waals surface area contributed by atoms with E-state index in [0.29, 0.717) is 30.1 Å². The molecule has 1 aromatic carbocycles. The minimum atomic E-state index is -3.82. The van der Waals surface area contributed by atoms with E-state index < -0.39 is 22.0 Å². The molecule has 0 unspecified atom stereocenters. The van der Waals surface area contributed by atoms with E-state index in [9.17, 15) is 23.3 Å². The van der Waals surface area contributed by atoms with Crippen molar-refractivity contribution in [3.8, 4) is 6.07 Å². The summed E-state index contributed by atoms with van der Waals surface area (Å²) >= 11 is 1.24. The number of hydrogen-bond acceptors (Lipinski definition) is 9. The van der Waals surface area contributed by atoms with Gasteiger partial charge < -0.3 is 24.4 Å². The molecule has 1 aliphatic heterocycles. The number of ether oxygens (including phenoxy) is 3. The molecule has 3 rings (SSSR count). The zero-order valence-electron chi connectivity index (χ0n) is 20.3. The van der Waals surface area contributed by atoms with Gasteiger partial charge in [-0.1, -0.05) is 0 Å². The number of fused-ring (bicyclic) bond motifs is 1. The first-order valence-electron chi connectivity index (χ1n) is 11.0. The number of anilines is 1. The number of hydrogen-bond donors (Lipinski definition) is 1. The number of rotatable bonds is 10. The van der Waals surface area contributed by atoms with E-state index in [1.165, 1.54) is 66.1 Å². The maximum Gasteiger partial charge on any atom is 0.409 e. The highest BCUT2D eigenvalue weighted by molar-refractivity contribution is 7.89. The predicted molar refractivity (Wildman–Crippen MR) is 132 cm³/mol. The molecule has 1 aromatic heterocycles. The number of methoxy groups -OCH3 is 3. The van der Waals surface area contributed by atoms with Gasteiger partial charge in [-0.15, -0.1) is 11.3 Å². The minimum Gasteiger partial charge on any atom is -0.453 e. The van der Waals surface area contributed by atoms with Crippen molar-refractivity contribution in [1.82, 2.24) is 9.21 Å². The van der Waals surface area contributed by atoms with Crippen LogP contribution in [0.3, 0.4) is 0 Å². The smallest absolute Gasteiger partial charge is 0.409 e. The SMILES string of the molecule is COCCN(CCOC)S(=O)(=O)c1ccc(C(=O)Nc2sc3c(c2C#N)CCN(C(=O)OC)C3)cc1. The Morgan fingerprint density at radius 3 is 2.33 bits per heavy atom. The average Bonchev–Trinajstić information content (AvgIpc) is 3.24. The van der Waals surface area contributed by atoms with E-state index in [1.807, 2.05) is 0 Å². The average molecular weight is 537 g/mol. The summed E-state index contributed by atoms with van der Waals surface area (Å²) in [5.74, 6) is -0.477. The lowest BCUT2D eigenvalue weighted by molar-refractivity contribution is 0.102. The monoisotopic (exact) mass is 536 g/mol. The molecular weight excluding hydrogens is 508 g/mol. The molecule has 194 valence electrons. The van der Waals surface area contributed by atoms with Crippen LogP contribution < -0.4 is 5.32 Å². The lowest BCUT2D eigenvalue weighted by atomic mass is 10.0. The quantitative estimate of drug-likeness (QED) is 0.488. The van der Waals surface area contributed by atoms with Gasteiger partial charge in [0.25, 0.3) is 5.91 Å². The number of nitrogens with one attached hydrogen (secondary N) is 1. The third-order valence-electron chi connectivity index (χ3n) is 5.67. The Morgan fingerprint density at radius 2 is 1.78 bits per heavy atom. The van der Waals surface area contributed by atoms with Crippen molar-refractivity contribution in [1.29, 1.82) is 5.26 Å². The van der Waals surface area contributed by atoms with Crippen LogP contribution in [0.1, 0.15) is 26.4 Å². The van der Waals surface area contributed by atoms with Gasteiger partial charge in [0.15, 0.2) is 0 Å². The van der Waals surface area contributed by atoms with Crippen LogP contribution in [0, 0.1) is 11.3 Å². The minimum absolute atomic E-state index is 0.0402. The molecule has 36 heavy (non-hydrogen) atoms. The molecule has 11 nitrogen and oxygen atoms in total. The molecule has 2 heterocycles. The standard InChI is InChI=1S/C23H28N4O7S2/c1-32-12-10-27(11-13-33-2)36(30,31)17-6-4-16(5-7-17)21(28)25-22-19(14-24)18-8-9-26(23(29)34-3)15-20(18)35-22/h4-7H,8-13,15H2,1-3H3,(H,25,28). The van der Waals surface area contributed by atoms with Crippen LogP contribution in [-0.4, -0.2) is 83.8 Å². The Morgan fingerprint density at radius 1 is 1.14 bits per heavy atom. The first-order chi connectivity index (χ1) is 17.3. The highest BCUT2D eigenvalue weighted by Crippen LogP contribution is 2.37. The molecule has 1 N–H and O–H groups in total. The zero-order valence-corrected chi connectivity index (χ0v) is 21.9. The van der Waals surface area contributed by atoms with Crippen LogP contribution in [0.4, 0.5) is 9.80 Å². The van der Waals surface area contributed by atoms with Crippen LogP contribution in [0.2, 0.25) is 0 Å². The Labute approximate surface area is 214 Å². The lowest BCUT2D eigenvalue weighted by Crippen LogP contribution is -2.36. The van der Waals surface area contributed by atoms with Crippen molar-refractivity contribution < 1.29 is 32.2 Å². The number of sulfonamides is 1. The molecule has 0 spiro atoms. The first kappa shape index (κ1) is 27.6. The van der Waals surface area contributed by atoms with Gasteiger partial charge in [0.1, 0.15) is 11.1 Å². The predicted octanol–water partition coefficient (Wildman–Crippen LogP) is 2.28. The van der Waals surface area contributed by atoms with Crippen molar-refractivity contribution in [2.45, 2.75) is 17.9 Å². The van der Waals surface area contributed by atoms with E-state index in [4.69, 9.17) is 14.2 Å². The number of nitriles is 1. The van der Waals surface area contributed by atoms with E-state index in [-0.39, 0.29) is 36.8 Å². The number of amides is 2. The molecule has 0 fully saturated rings. The van der Waals surface area contributed by atoms with Crippen LogP contribution in [0.15, 0.2) is 29.2 Å². The van der Waals surface area contributed by atoms with E-state index in [0.717, 1.165) is 10.4 Å². The zero-order chi connectivity index (χ0) is 26.3. The number of benzene rings is 1. The molecular formula is C23H28N4O7S2. The fourth-order valence-corrected chi connectivity index (χ4v) is 6.35. The maximum atomic E-state index is 13.1. The fourth-order valence-electron chi connectivity index (χ4n) is 3.74. The largest absolute Gasteiger partial charge is 0.453 e. The summed E-state index contributed by atoms with van der Waals surface area (Å²) < 4.78 is 42.2.